The SMILES string of the molecule is Cc1c(C(=O)N(C)C2CC2)nn2c1CNCCC2. The van der Waals surface area contributed by atoms with E-state index in [1.54, 1.807) is 0 Å². The monoisotopic (exact) mass is 248 g/mol. The Balaban J connectivity index is 1.90. The molecule has 2 heterocycles. The number of hydrogen-bond acceptors (Lipinski definition) is 3. The molecular weight excluding hydrogens is 228 g/mol. The third-order valence-electron chi connectivity index (χ3n) is 3.95. The molecule has 1 fully saturated rings. The topological polar surface area (TPSA) is 50.2 Å². The van der Waals surface area contributed by atoms with Crippen molar-refractivity contribution in [2.45, 2.75) is 45.3 Å². The summed E-state index contributed by atoms with van der Waals surface area (Å²) < 4.78 is 2.00. The zero-order chi connectivity index (χ0) is 12.7. The predicted octanol–water partition coefficient (Wildman–Crippen LogP) is 0.919. The van der Waals surface area contributed by atoms with E-state index < -0.39 is 0 Å². The van der Waals surface area contributed by atoms with Crippen LogP contribution in [0, 0.1) is 6.92 Å². The van der Waals surface area contributed by atoms with Gasteiger partial charge in [0, 0.05) is 31.7 Å². The zero-order valence-corrected chi connectivity index (χ0v) is 11.1. The van der Waals surface area contributed by atoms with Crippen molar-refractivity contribution in [2.24, 2.45) is 0 Å². The van der Waals surface area contributed by atoms with Crippen LogP contribution in [0.15, 0.2) is 0 Å². The number of hydrogen-bond donors (Lipinski definition) is 1. The van der Waals surface area contributed by atoms with Crippen LogP contribution >= 0.6 is 0 Å². The molecule has 5 heteroatoms. The maximum absolute atomic E-state index is 12.4. The van der Waals surface area contributed by atoms with Crippen molar-refractivity contribution >= 4 is 5.91 Å². The van der Waals surface area contributed by atoms with Crippen molar-refractivity contribution in [1.82, 2.24) is 20.0 Å². The standard InChI is InChI=1S/C13H20N4O/c1-9-11-8-14-6-3-7-17(11)15-12(9)13(18)16(2)10-4-5-10/h10,14H,3-8H2,1-2H3. The molecule has 5 nitrogen and oxygen atoms in total. The van der Waals surface area contributed by atoms with E-state index in [2.05, 4.69) is 10.4 Å². The van der Waals surface area contributed by atoms with Gasteiger partial charge in [-0.15, -0.1) is 0 Å². The van der Waals surface area contributed by atoms with Gasteiger partial charge in [0.15, 0.2) is 5.69 Å². The summed E-state index contributed by atoms with van der Waals surface area (Å²) in [4.78, 5) is 14.2. The van der Waals surface area contributed by atoms with Gasteiger partial charge < -0.3 is 10.2 Å². The summed E-state index contributed by atoms with van der Waals surface area (Å²) in [6, 6.07) is 0.441. The number of rotatable bonds is 2. The molecule has 1 N–H and O–H groups in total. The molecule has 0 bridgehead atoms. The molecule has 98 valence electrons. The molecule has 1 aliphatic carbocycles. The Hall–Kier alpha value is -1.36. The minimum Gasteiger partial charge on any atom is -0.337 e. The molecule has 0 radical (unpaired) electrons. The molecule has 2 aliphatic rings. The normalized spacial score (nSPS) is 19.2. The summed E-state index contributed by atoms with van der Waals surface area (Å²) in [5.41, 5.74) is 2.85. The van der Waals surface area contributed by atoms with Gasteiger partial charge in [0.05, 0.1) is 5.69 Å². The van der Waals surface area contributed by atoms with E-state index >= 15 is 0 Å². The first kappa shape index (κ1) is 11.7. The average Bonchev–Trinajstić information content (AvgIpc) is 3.17. The highest BCUT2D eigenvalue weighted by Gasteiger charge is 2.32. The molecule has 0 atom stereocenters. The van der Waals surface area contributed by atoms with Crippen molar-refractivity contribution in [3.8, 4) is 0 Å². The summed E-state index contributed by atoms with van der Waals surface area (Å²) in [6.45, 7) is 4.76. The van der Waals surface area contributed by atoms with Crippen molar-refractivity contribution in [1.29, 1.82) is 0 Å². The first-order valence-electron chi connectivity index (χ1n) is 6.72. The van der Waals surface area contributed by atoms with Gasteiger partial charge in [-0.1, -0.05) is 0 Å². The Morgan fingerprint density at radius 3 is 3.00 bits per heavy atom. The van der Waals surface area contributed by atoms with Crippen LogP contribution in [-0.2, 0) is 13.1 Å². The zero-order valence-electron chi connectivity index (χ0n) is 11.1. The fourth-order valence-corrected chi connectivity index (χ4v) is 2.55. The highest BCUT2D eigenvalue weighted by molar-refractivity contribution is 5.94. The van der Waals surface area contributed by atoms with E-state index in [0.717, 1.165) is 44.5 Å². The van der Waals surface area contributed by atoms with Crippen LogP contribution in [0.2, 0.25) is 0 Å². The molecule has 18 heavy (non-hydrogen) atoms. The molecular formula is C13H20N4O. The number of fused-ring (bicyclic) bond motifs is 1. The van der Waals surface area contributed by atoms with E-state index in [4.69, 9.17) is 0 Å². The van der Waals surface area contributed by atoms with E-state index in [-0.39, 0.29) is 5.91 Å². The van der Waals surface area contributed by atoms with Crippen LogP contribution in [-0.4, -0.2) is 40.2 Å². The van der Waals surface area contributed by atoms with E-state index in [1.165, 1.54) is 5.69 Å². The Morgan fingerprint density at radius 2 is 2.28 bits per heavy atom. The van der Waals surface area contributed by atoms with Crippen LogP contribution < -0.4 is 5.32 Å². The lowest BCUT2D eigenvalue weighted by Gasteiger charge is -2.14. The van der Waals surface area contributed by atoms with Crippen LogP contribution in [0.5, 0.6) is 0 Å². The molecule has 1 aromatic rings. The molecule has 1 saturated carbocycles. The Morgan fingerprint density at radius 1 is 1.50 bits per heavy atom. The molecule has 1 aromatic heterocycles. The molecule has 0 spiro atoms. The van der Waals surface area contributed by atoms with Gasteiger partial charge in [0.2, 0.25) is 0 Å². The maximum atomic E-state index is 12.4. The lowest BCUT2D eigenvalue weighted by Crippen LogP contribution is -2.29. The van der Waals surface area contributed by atoms with E-state index in [0.29, 0.717) is 11.7 Å². The Labute approximate surface area is 107 Å². The third-order valence-corrected chi connectivity index (χ3v) is 3.95. The summed E-state index contributed by atoms with van der Waals surface area (Å²) in [5.74, 6) is 0.0792. The molecule has 3 rings (SSSR count). The second kappa shape index (κ2) is 4.39. The summed E-state index contributed by atoms with van der Waals surface area (Å²) >= 11 is 0. The second-order valence-corrected chi connectivity index (χ2v) is 5.32. The van der Waals surface area contributed by atoms with E-state index in [9.17, 15) is 4.79 Å². The Kier molecular flexibility index (Phi) is 2.86. The highest BCUT2D eigenvalue weighted by Crippen LogP contribution is 2.27. The number of carbonyl (C=O) groups excluding carboxylic acids is 1. The number of aromatic nitrogens is 2. The van der Waals surface area contributed by atoms with Crippen molar-refractivity contribution < 1.29 is 4.79 Å². The number of amides is 1. The fourth-order valence-electron chi connectivity index (χ4n) is 2.55. The summed E-state index contributed by atoms with van der Waals surface area (Å²) in [6.07, 6.45) is 3.34. The highest BCUT2D eigenvalue weighted by atomic mass is 16.2. The molecule has 0 aromatic carbocycles. The first-order valence-corrected chi connectivity index (χ1v) is 6.72. The second-order valence-electron chi connectivity index (χ2n) is 5.32. The van der Waals surface area contributed by atoms with Gasteiger partial charge in [-0.2, -0.15) is 5.10 Å². The van der Waals surface area contributed by atoms with Crippen molar-refractivity contribution in [3.05, 3.63) is 17.0 Å². The molecule has 1 amide bonds. The minimum absolute atomic E-state index is 0.0792. The van der Waals surface area contributed by atoms with Gasteiger partial charge in [-0.05, 0) is 32.7 Å². The van der Waals surface area contributed by atoms with Crippen LogP contribution in [0.1, 0.15) is 41.0 Å². The quantitative estimate of drug-likeness (QED) is 0.846. The molecule has 1 aliphatic heterocycles. The average molecular weight is 248 g/mol. The van der Waals surface area contributed by atoms with Crippen molar-refractivity contribution in [2.75, 3.05) is 13.6 Å². The van der Waals surface area contributed by atoms with Gasteiger partial charge in [0.25, 0.3) is 5.91 Å². The van der Waals surface area contributed by atoms with Crippen LogP contribution in [0.3, 0.4) is 0 Å². The number of carbonyl (C=O) groups is 1. The van der Waals surface area contributed by atoms with Gasteiger partial charge in [-0.3, -0.25) is 9.48 Å². The largest absolute Gasteiger partial charge is 0.337 e. The maximum Gasteiger partial charge on any atom is 0.274 e. The fraction of sp³-hybridized carbons (Fsp3) is 0.692. The number of nitrogens with one attached hydrogen (secondary N) is 1. The van der Waals surface area contributed by atoms with Crippen LogP contribution in [0.4, 0.5) is 0 Å². The van der Waals surface area contributed by atoms with Crippen molar-refractivity contribution in [3.63, 3.8) is 0 Å². The summed E-state index contributed by atoms with van der Waals surface area (Å²) in [5, 5.41) is 7.90. The first-order chi connectivity index (χ1) is 8.68. The Bertz CT molecular complexity index is 476. The van der Waals surface area contributed by atoms with Gasteiger partial charge >= 0.3 is 0 Å². The lowest BCUT2D eigenvalue weighted by atomic mass is 10.2. The number of nitrogens with zero attached hydrogens (tertiary/aromatic N) is 3. The lowest BCUT2D eigenvalue weighted by molar-refractivity contribution is 0.0777. The molecule has 0 unspecified atom stereocenters. The smallest absolute Gasteiger partial charge is 0.274 e. The minimum atomic E-state index is 0.0792. The van der Waals surface area contributed by atoms with E-state index in [1.807, 2.05) is 23.6 Å². The van der Waals surface area contributed by atoms with Crippen LogP contribution in [0.25, 0.3) is 0 Å². The number of aryl methyl sites for hydroxylation is 1. The third kappa shape index (κ3) is 1.92. The van der Waals surface area contributed by atoms with Gasteiger partial charge in [0.1, 0.15) is 0 Å². The predicted molar refractivity (Wildman–Crippen MR) is 68.4 cm³/mol. The van der Waals surface area contributed by atoms with Gasteiger partial charge in [-0.25, -0.2) is 0 Å². The summed E-state index contributed by atoms with van der Waals surface area (Å²) in [7, 11) is 1.89. The molecule has 0 saturated heterocycles.